The molecule has 1 amide bonds. The molecule has 1 aliphatic carbocycles. The van der Waals surface area contributed by atoms with Gasteiger partial charge in [0.05, 0.1) is 0 Å². The number of piperidine rings is 1. The van der Waals surface area contributed by atoms with Crippen molar-refractivity contribution in [3.8, 4) is 0 Å². The molecule has 0 spiro atoms. The van der Waals surface area contributed by atoms with Gasteiger partial charge < -0.3 is 10.2 Å². The zero-order valence-corrected chi connectivity index (χ0v) is 11.2. The van der Waals surface area contributed by atoms with Crippen LogP contribution in [0.25, 0.3) is 0 Å². The Balaban J connectivity index is 1.92. The van der Waals surface area contributed by atoms with Crippen LogP contribution >= 0.6 is 0 Å². The van der Waals surface area contributed by atoms with Crippen LogP contribution in [0, 0.1) is 11.8 Å². The fourth-order valence-corrected chi connectivity index (χ4v) is 3.39. The summed E-state index contributed by atoms with van der Waals surface area (Å²) in [5.41, 5.74) is 0. The van der Waals surface area contributed by atoms with Crippen LogP contribution in [0.15, 0.2) is 0 Å². The summed E-state index contributed by atoms with van der Waals surface area (Å²) in [6.45, 7) is 4.31. The van der Waals surface area contributed by atoms with E-state index in [9.17, 15) is 4.79 Å². The molecule has 1 aliphatic heterocycles. The average Bonchev–Trinajstić information content (AvgIpc) is 2.39. The summed E-state index contributed by atoms with van der Waals surface area (Å²) in [5, 5.41) is 3.33. The van der Waals surface area contributed by atoms with Crippen molar-refractivity contribution < 1.29 is 4.79 Å². The Morgan fingerprint density at radius 2 is 1.76 bits per heavy atom. The maximum atomic E-state index is 12.4. The number of amides is 1. The molecule has 1 saturated carbocycles. The molecule has 3 nitrogen and oxygen atoms in total. The molecule has 2 atom stereocenters. The van der Waals surface area contributed by atoms with E-state index in [4.69, 9.17) is 0 Å². The maximum absolute atomic E-state index is 12.4. The number of hydrogen-bond acceptors (Lipinski definition) is 2. The van der Waals surface area contributed by atoms with Crippen LogP contribution in [0.3, 0.4) is 0 Å². The number of nitrogens with zero attached hydrogens (tertiary/aromatic N) is 1. The van der Waals surface area contributed by atoms with Gasteiger partial charge in [-0.15, -0.1) is 0 Å². The highest BCUT2D eigenvalue weighted by Gasteiger charge is 2.31. The van der Waals surface area contributed by atoms with Crippen LogP contribution in [0.1, 0.15) is 45.4 Å². The maximum Gasteiger partial charge on any atom is 0.225 e. The molecule has 2 aliphatic rings. The van der Waals surface area contributed by atoms with Crippen molar-refractivity contribution in [1.82, 2.24) is 10.2 Å². The molecule has 2 unspecified atom stereocenters. The lowest BCUT2D eigenvalue weighted by Crippen LogP contribution is -2.47. The Morgan fingerprint density at radius 1 is 1.12 bits per heavy atom. The van der Waals surface area contributed by atoms with Crippen molar-refractivity contribution in [1.29, 1.82) is 0 Å². The Morgan fingerprint density at radius 3 is 2.41 bits per heavy atom. The van der Waals surface area contributed by atoms with Crippen LogP contribution in [-0.2, 0) is 4.79 Å². The normalized spacial score (nSPS) is 31.2. The summed E-state index contributed by atoms with van der Waals surface area (Å²) in [5.74, 6) is 1.35. The van der Waals surface area contributed by atoms with E-state index < -0.39 is 0 Å². The lowest BCUT2D eigenvalue weighted by molar-refractivity contribution is -0.138. The number of rotatable bonds is 2. The number of hydrogen-bond donors (Lipinski definition) is 1. The van der Waals surface area contributed by atoms with Crippen molar-refractivity contribution in [2.45, 2.75) is 51.5 Å². The molecule has 2 rings (SSSR count). The van der Waals surface area contributed by atoms with Crippen molar-refractivity contribution in [3.63, 3.8) is 0 Å². The summed E-state index contributed by atoms with van der Waals surface area (Å²) < 4.78 is 0. The average molecular weight is 238 g/mol. The molecule has 0 radical (unpaired) electrons. The standard InChI is InChI=1S/C14H26N2O/c1-11-5-3-4-6-13(11)16(2)14(17)12-7-9-15-10-8-12/h11-13,15H,3-10H2,1-2H3. The molecule has 0 aromatic carbocycles. The van der Waals surface area contributed by atoms with Crippen molar-refractivity contribution in [2.75, 3.05) is 20.1 Å². The second-order valence-corrected chi connectivity index (χ2v) is 5.80. The quantitative estimate of drug-likeness (QED) is 0.798. The minimum absolute atomic E-state index is 0.273. The summed E-state index contributed by atoms with van der Waals surface area (Å²) >= 11 is 0. The molecular formula is C14H26N2O. The SMILES string of the molecule is CC1CCCCC1N(C)C(=O)C1CCNCC1. The van der Waals surface area contributed by atoms with Gasteiger partial charge in [-0.2, -0.15) is 0 Å². The first kappa shape index (κ1) is 12.9. The lowest BCUT2D eigenvalue weighted by Gasteiger charge is -2.38. The molecule has 17 heavy (non-hydrogen) atoms. The Hall–Kier alpha value is -0.570. The zero-order valence-electron chi connectivity index (χ0n) is 11.2. The summed E-state index contributed by atoms with van der Waals surface area (Å²) in [6.07, 6.45) is 7.16. The van der Waals surface area contributed by atoms with E-state index in [-0.39, 0.29) is 5.92 Å². The van der Waals surface area contributed by atoms with Gasteiger partial charge in [-0.1, -0.05) is 19.8 Å². The second-order valence-electron chi connectivity index (χ2n) is 5.80. The number of carbonyl (C=O) groups is 1. The third kappa shape index (κ3) is 3.01. The van der Waals surface area contributed by atoms with E-state index in [1.807, 2.05) is 7.05 Å². The van der Waals surface area contributed by atoms with E-state index in [0.29, 0.717) is 17.9 Å². The topological polar surface area (TPSA) is 32.3 Å². The highest BCUT2D eigenvalue weighted by atomic mass is 16.2. The van der Waals surface area contributed by atoms with Crippen molar-refractivity contribution in [2.24, 2.45) is 11.8 Å². The molecule has 0 aromatic heterocycles. The summed E-state index contributed by atoms with van der Waals surface area (Å²) in [4.78, 5) is 14.5. The summed E-state index contributed by atoms with van der Waals surface area (Å²) in [7, 11) is 2.02. The van der Waals surface area contributed by atoms with Gasteiger partial charge in [-0.3, -0.25) is 4.79 Å². The highest BCUT2D eigenvalue weighted by molar-refractivity contribution is 5.79. The molecule has 1 saturated heterocycles. The highest BCUT2D eigenvalue weighted by Crippen LogP contribution is 2.29. The van der Waals surface area contributed by atoms with Gasteiger partial charge in [0.1, 0.15) is 0 Å². The van der Waals surface area contributed by atoms with Crippen molar-refractivity contribution >= 4 is 5.91 Å². The van der Waals surface area contributed by atoms with Crippen LogP contribution in [-0.4, -0.2) is 37.0 Å². The first-order valence-corrected chi connectivity index (χ1v) is 7.17. The van der Waals surface area contributed by atoms with E-state index in [0.717, 1.165) is 25.9 Å². The van der Waals surface area contributed by atoms with Gasteiger partial charge in [0, 0.05) is 19.0 Å². The van der Waals surface area contributed by atoms with Gasteiger partial charge in [-0.25, -0.2) is 0 Å². The van der Waals surface area contributed by atoms with Gasteiger partial charge in [-0.05, 0) is 44.7 Å². The third-order valence-corrected chi connectivity index (χ3v) is 4.60. The van der Waals surface area contributed by atoms with E-state index in [1.54, 1.807) is 0 Å². The first-order chi connectivity index (χ1) is 8.20. The third-order valence-electron chi connectivity index (χ3n) is 4.60. The Kier molecular flexibility index (Phi) is 4.43. The van der Waals surface area contributed by atoms with Gasteiger partial charge in [0.2, 0.25) is 5.91 Å². The predicted octanol–water partition coefficient (Wildman–Crippen LogP) is 2.02. The molecule has 1 heterocycles. The number of nitrogens with one attached hydrogen (secondary N) is 1. The Labute approximate surface area is 105 Å². The predicted molar refractivity (Wildman–Crippen MR) is 69.8 cm³/mol. The summed E-state index contributed by atoms with van der Waals surface area (Å²) in [6, 6.07) is 0.492. The molecule has 98 valence electrons. The van der Waals surface area contributed by atoms with Gasteiger partial charge in [0.25, 0.3) is 0 Å². The first-order valence-electron chi connectivity index (χ1n) is 7.17. The minimum Gasteiger partial charge on any atom is -0.342 e. The fraction of sp³-hybridized carbons (Fsp3) is 0.929. The van der Waals surface area contributed by atoms with Crippen molar-refractivity contribution in [3.05, 3.63) is 0 Å². The van der Waals surface area contributed by atoms with E-state index in [1.165, 1.54) is 25.7 Å². The lowest BCUT2D eigenvalue weighted by atomic mass is 9.84. The second kappa shape index (κ2) is 5.85. The fourth-order valence-electron chi connectivity index (χ4n) is 3.39. The molecule has 1 N–H and O–H groups in total. The smallest absolute Gasteiger partial charge is 0.225 e. The van der Waals surface area contributed by atoms with Crippen LogP contribution in [0.5, 0.6) is 0 Å². The van der Waals surface area contributed by atoms with Gasteiger partial charge in [0.15, 0.2) is 0 Å². The van der Waals surface area contributed by atoms with Crippen LogP contribution in [0.2, 0.25) is 0 Å². The van der Waals surface area contributed by atoms with Gasteiger partial charge >= 0.3 is 0 Å². The van der Waals surface area contributed by atoms with Crippen LogP contribution < -0.4 is 5.32 Å². The largest absolute Gasteiger partial charge is 0.342 e. The minimum atomic E-state index is 0.273. The Bertz CT molecular complexity index is 261. The molecule has 2 fully saturated rings. The zero-order chi connectivity index (χ0) is 12.3. The molecule has 0 bridgehead atoms. The molecule has 0 aromatic rings. The van der Waals surface area contributed by atoms with Crippen LogP contribution in [0.4, 0.5) is 0 Å². The molecule has 3 heteroatoms. The van der Waals surface area contributed by atoms with E-state index >= 15 is 0 Å². The monoisotopic (exact) mass is 238 g/mol. The van der Waals surface area contributed by atoms with E-state index in [2.05, 4.69) is 17.1 Å². The molecular weight excluding hydrogens is 212 g/mol. The number of carbonyl (C=O) groups excluding carboxylic acids is 1.